The summed E-state index contributed by atoms with van der Waals surface area (Å²) < 4.78 is 39.3. The number of pyridine rings is 1. The minimum absolute atomic E-state index is 0.354. The van der Waals surface area contributed by atoms with Crippen LogP contribution in [0.4, 0.5) is 13.2 Å². The molecule has 0 unspecified atom stereocenters. The van der Waals surface area contributed by atoms with E-state index in [2.05, 4.69) is 10.3 Å². The smallest absolute Gasteiger partial charge is 0.316 e. The van der Waals surface area contributed by atoms with Gasteiger partial charge in [-0.2, -0.15) is 13.2 Å². The van der Waals surface area contributed by atoms with E-state index >= 15 is 0 Å². The Morgan fingerprint density at radius 3 is 2.78 bits per heavy atom. The number of hydrogen-bond acceptors (Lipinski definition) is 2. The number of fused-ring (bicyclic) bond motifs is 1. The van der Waals surface area contributed by atoms with Gasteiger partial charge in [-0.3, -0.25) is 0 Å². The van der Waals surface area contributed by atoms with Gasteiger partial charge in [0.1, 0.15) is 5.65 Å². The summed E-state index contributed by atoms with van der Waals surface area (Å²) in [5.74, 6) is 0.553. The predicted octanol–water partition coefficient (Wildman–Crippen LogP) is 2.11. The number of nitrogens with one attached hydrogen (secondary N) is 1. The SMILES string of the molecule is FC(F)(F)c1ccn2cc(CC3CNC3)nc2c1. The Bertz CT molecular complexity index is 569. The van der Waals surface area contributed by atoms with Crippen molar-refractivity contribution in [2.75, 3.05) is 13.1 Å². The van der Waals surface area contributed by atoms with Crippen molar-refractivity contribution in [3.63, 3.8) is 0 Å². The van der Waals surface area contributed by atoms with Gasteiger partial charge in [-0.1, -0.05) is 0 Å². The number of aromatic nitrogens is 2. The summed E-state index contributed by atoms with van der Waals surface area (Å²) in [5, 5.41) is 3.16. The average Bonchev–Trinajstić information content (AvgIpc) is 2.63. The molecule has 0 saturated carbocycles. The molecular formula is C12H12F3N3. The van der Waals surface area contributed by atoms with Crippen LogP contribution in [0.2, 0.25) is 0 Å². The highest BCUT2D eigenvalue weighted by atomic mass is 19.4. The molecule has 0 spiro atoms. The second kappa shape index (κ2) is 3.98. The van der Waals surface area contributed by atoms with E-state index in [-0.39, 0.29) is 0 Å². The molecule has 1 aliphatic rings. The van der Waals surface area contributed by atoms with Crippen molar-refractivity contribution >= 4 is 5.65 Å². The molecule has 0 atom stereocenters. The Labute approximate surface area is 102 Å². The van der Waals surface area contributed by atoms with Crippen LogP contribution in [-0.4, -0.2) is 22.5 Å². The van der Waals surface area contributed by atoms with Gasteiger partial charge in [0.2, 0.25) is 0 Å². The second-order valence-electron chi connectivity index (χ2n) is 4.64. The molecule has 3 rings (SSSR count). The molecule has 0 bridgehead atoms. The van der Waals surface area contributed by atoms with Crippen LogP contribution in [0.15, 0.2) is 24.5 Å². The van der Waals surface area contributed by atoms with Crippen LogP contribution >= 0.6 is 0 Å². The molecule has 6 heteroatoms. The standard InChI is InChI=1S/C12H12F3N3/c13-12(14,15)9-1-2-18-7-10(17-11(18)4-9)3-8-5-16-6-8/h1-2,4,7-8,16H,3,5-6H2. The van der Waals surface area contributed by atoms with E-state index in [0.717, 1.165) is 37.3 Å². The molecule has 3 nitrogen and oxygen atoms in total. The van der Waals surface area contributed by atoms with Gasteiger partial charge in [-0.25, -0.2) is 4.98 Å². The Kier molecular flexibility index (Phi) is 2.55. The number of hydrogen-bond donors (Lipinski definition) is 1. The number of imidazole rings is 1. The molecule has 0 aromatic carbocycles. The van der Waals surface area contributed by atoms with E-state index < -0.39 is 11.7 Å². The van der Waals surface area contributed by atoms with E-state index in [9.17, 15) is 13.2 Å². The predicted molar refractivity (Wildman–Crippen MR) is 60.3 cm³/mol. The summed E-state index contributed by atoms with van der Waals surface area (Å²) in [5.41, 5.74) is 0.547. The quantitative estimate of drug-likeness (QED) is 0.890. The first-order valence-electron chi connectivity index (χ1n) is 5.78. The van der Waals surface area contributed by atoms with Crippen LogP contribution in [0.25, 0.3) is 5.65 Å². The minimum Gasteiger partial charge on any atom is -0.316 e. The van der Waals surface area contributed by atoms with Gasteiger partial charge in [0.05, 0.1) is 11.3 Å². The van der Waals surface area contributed by atoms with E-state index in [1.54, 1.807) is 10.6 Å². The fraction of sp³-hybridized carbons (Fsp3) is 0.417. The molecular weight excluding hydrogens is 243 g/mol. The molecule has 1 saturated heterocycles. The van der Waals surface area contributed by atoms with Gasteiger partial charge >= 0.3 is 6.18 Å². The number of alkyl halides is 3. The summed E-state index contributed by atoms with van der Waals surface area (Å²) in [6.45, 7) is 1.92. The van der Waals surface area contributed by atoms with Crippen molar-refractivity contribution < 1.29 is 13.2 Å². The lowest BCUT2D eigenvalue weighted by Gasteiger charge is -2.25. The Balaban J connectivity index is 1.91. The van der Waals surface area contributed by atoms with Crippen molar-refractivity contribution in [1.82, 2.24) is 14.7 Å². The zero-order valence-electron chi connectivity index (χ0n) is 9.54. The molecule has 0 radical (unpaired) electrons. The van der Waals surface area contributed by atoms with Crippen LogP contribution < -0.4 is 5.32 Å². The van der Waals surface area contributed by atoms with Crippen LogP contribution in [0.1, 0.15) is 11.3 Å². The highest BCUT2D eigenvalue weighted by molar-refractivity contribution is 5.43. The lowest BCUT2D eigenvalue weighted by Crippen LogP contribution is -2.43. The van der Waals surface area contributed by atoms with Crippen molar-refractivity contribution in [3.05, 3.63) is 35.8 Å². The van der Waals surface area contributed by atoms with Crippen LogP contribution in [-0.2, 0) is 12.6 Å². The van der Waals surface area contributed by atoms with E-state index in [1.807, 2.05) is 0 Å². The van der Waals surface area contributed by atoms with Crippen molar-refractivity contribution in [2.45, 2.75) is 12.6 Å². The first kappa shape index (κ1) is 11.5. The topological polar surface area (TPSA) is 29.3 Å². The summed E-state index contributed by atoms with van der Waals surface area (Å²) >= 11 is 0. The van der Waals surface area contributed by atoms with Gasteiger partial charge in [0.15, 0.2) is 0 Å². The molecule has 2 aromatic rings. The summed E-state index contributed by atoms with van der Waals surface area (Å²) in [4.78, 5) is 4.24. The zero-order chi connectivity index (χ0) is 12.8. The number of halogens is 3. The summed E-state index contributed by atoms with van der Waals surface area (Å²) in [6, 6.07) is 2.16. The van der Waals surface area contributed by atoms with E-state index in [4.69, 9.17) is 0 Å². The van der Waals surface area contributed by atoms with Gasteiger partial charge in [-0.15, -0.1) is 0 Å². The van der Waals surface area contributed by atoms with E-state index in [0.29, 0.717) is 11.6 Å². The fourth-order valence-corrected chi connectivity index (χ4v) is 2.10. The van der Waals surface area contributed by atoms with Crippen LogP contribution in [0.3, 0.4) is 0 Å². The average molecular weight is 255 g/mol. The maximum absolute atomic E-state index is 12.6. The third-order valence-corrected chi connectivity index (χ3v) is 3.20. The summed E-state index contributed by atoms with van der Waals surface area (Å²) in [7, 11) is 0. The number of nitrogens with zero attached hydrogens (tertiary/aromatic N) is 2. The Morgan fingerprint density at radius 1 is 1.39 bits per heavy atom. The van der Waals surface area contributed by atoms with Crippen molar-refractivity contribution in [3.8, 4) is 0 Å². The maximum atomic E-state index is 12.6. The van der Waals surface area contributed by atoms with E-state index in [1.165, 1.54) is 6.20 Å². The first-order chi connectivity index (χ1) is 8.52. The molecule has 1 N–H and O–H groups in total. The van der Waals surface area contributed by atoms with Crippen LogP contribution in [0, 0.1) is 5.92 Å². The molecule has 18 heavy (non-hydrogen) atoms. The molecule has 96 valence electrons. The molecule has 1 fully saturated rings. The minimum atomic E-state index is -4.31. The lowest BCUT2D eigenvalue weighted by molar-refractivity contribution is -0.137. The monoisotopic (exact) mass is 255 g/mol. The van der Waals surface area contributed by atoms with Gasteiger partial charge in [0.25, 0.3) is 0 Å². The van der Waals surface area contributed by atoms with Gasteiger partial charge in [0, 0.05) is 12.4 Å². The Hall–Kier alpha value is -1.56. The van der Waals surface area contributed by atoms with Crippen molar-refractivity contribution in [2.24, 2.45) is 5.92 Å². The molecule has 3 heterocycles. The number of rotatable bonds is 2. The Morgan fingerprint density at radius 2 is 2.17 bits per heavy atom. The molecule has 1 aliphatic heterocycles. The van der Waals surface area contributed by atoms with Crippen LogP contribution in [0.5, 0.6) is 0 Å². The van der Waals surface area contributed by atoms with Gasteiger partial charge in [-0.05, 0) is 37.6 Å². The fourth-order valence-electron chi connectivity index (χ4n) is 2.10. The second-order valence-corrected chi connectivity index (χ2v) is 4.64. The normalized spacial score (nSPS) is 17.1. The highest BCUT2D eigenvalue weighted by Crippen LogP contribution is 2.29. The third-order valence-electron chi connectivity index (χ3n) is 3.20. The zero-order valence-corrected chi connectivity index (χ0v) is 9.54. The molecule has 0 amide bonds. The lowest BCUT2D eigenvalue weighted by atomic mass is 9.98. The molecule has 2 aromatic heterocycles. The first-order valence-corrected chi connectivity index (χ1v) is 5.78. The van der Waals surface area contributed by atoms with Gasteiger partial charge < -0.3 is 9.72 Å². The highest BCUT2D eigenvalue weighted by Gasteiger charge is 2.30. The summed E-state index contributed by atoms with van der Waals surface area (Å²) in [6.07, 6.45) is -0.288. The largest absolute Gasteiger partial charge is 0.416 e. The third kappa shape index (κ3) is 2.08. The maximum Gasteiger partial charge on any atom is 0.416 e. The molecule has 0 aliphatic carbocycles. The van der Waals surface area contributed by atoms with Crippen molar-refractivity contribution in [1.29, 1.82) is 0 Å².